The summed E-state index contributed by atoms with van der Waals surface area (Å²) < 4.78 is 18.1. The number of nitrogens with one attached hydrogen (secondary N) is 1. The summed E-state index contributed by atoms with van der Waals surface area (Å²) in [7, 11) is 3.14. The largest absolute Gasteiger partial charge is 0.497 e. The molecule has 4 aromatic rings. The molecule has 158 valence electrons. The van der Waals surface area contributed by atoms with Crippen molar-refractivity contribution < 1.29 is 19.0 Å². The number of amides is 1. The van der Waals surface area contributed by atoms with Crippen LogP contribution in [0.5, 0.6) is 17.2 Å². The van der Waals surface area contributed by atoms with E-state index >= 15 is 0 Å². The van der Waals surface area contributed by atoms with Crippen LogP contribution >= 0.6 is 0 Å². The molecule has 7 nitrogen and oxygen atoms in total. The fourth-order valence-electron chi connectivity index (χ4n) is 3.21. The Morgan fingerprint density at radius 3 is 2.68 bits per heavy atom. The molecule has 1 N–H and O–H groups in total. The number of rotatable bonds is 7. The fraction of sp³-hybridized carbons (Fsp3) is 0.167. The predicted molar refractivity (Wildman–Crippen MR) is 119 cm³/mol. The molecular formula is C24H23N3O4. The van der Waals surface area contributed by atoms with Crippen molar-refractivity contribution in [2.24, 2.45) is 0 Å². The second-order valence-electron chi connectivity index (χ2n) is 7.03. The third-order valence-electron chi connectivity index (χ3n) is 4.80. The van der Waals surface area contributed by atoms with Crippen LogP contribution in [0.2, 0.25) is 0 Å². The van der Waals surface area contributed by atoms with Gasteiger partial charge in [0, 0.05) is 24.0 Å². The Morgan fingerprint density at radius 1 is 1.03 bits per heavy atom. The molecule has 2 aromatic heterocycles. The van der Waals surface area contributed by atoms with Crippen molar-refractivity contribution >= 4 is 17.2 Å². The van der Waals surface area contributed by atoms with Gasteiger partial charge >= 0.3 is 0 Å². The van der Waals surface area contributed by atoms with Gasteiger partial charge in [-0.15, -0.1) is 0 Å². The zero-order valence-corrected chi connectivity index (χ0v) is 17.6. The van der Waals surface area contributed by atoms with Crippen LogP contribution in [0.3, 0.4) is 0 Å². The molecule has 2 heterocycles. The summed E-state index contributed by atoms with van der Waals surface area (Å²) >= 11 is 0. The Labute approximate surface area is 180 Å². The maximum Gasteiger partial charge on any atom is 0.262 e. The van der Waals surface area contributed by atoms with E-state index in [9.17, 15) is 4.79 Å². The van der Waals surface area contributed by atoms with Crippen LogP contribution in [0, 0.1) is 6.92 Å². The van der Waals surface area contributed by atoms with Gasteiger partial charge < -0.3 is 23.9 Å². The number of benzene rings is 2. The van der Waals surface area contributed by atoms with Crippen molar-refractivity contribution in [3.05, 3.63) is 72.6 Å². The molecule has 0 aliphatic heterocycles. The fourth-order valence-corrected chi connectivity index (χ4v) is 3.21. The smallest absolute Gasteiger partial charge is 0.262 e. The van der Waals surface area contributed by atoms with Crippen LogP contribution in [0.15, 0.2) is 67.0 Å². The third kappa shape index (κ3) is 4.61. The lowest BCUT2D eigenvalue weighted by Gasteiger charge is -2.12. The Balaban J connectivity index is 1.52. The zero-order valence-electron chi connectivity index (χ0n) is 17.6. The molecular weight excluding hydrogens is 394 g/mol. The van der Waals surface area contributed by atoms with Crippen LogP contribution in [-0.4, -0.2) is 36.1 Å². The number of ether oxygens (including phenoxy) is 3. The lowest BCUT2D eigenvalue weighted by atomic mass is 10.1. The number of carbonyl (C=O) groups excluding carboxylic acids is 1. The Bertz CT molecular complexity index is 1230. The highest BCUT2D eigenvalue weighted by Gasteiger charge is 2.12. The molecule has 0 saturated heterocycles. The van der Waals surface area contributed by atoms with Crippen molar-refractivity contribution in [3.63, 3.8) is 0 Å². The Morgan fingerprint density at radius 2 is 1.87 bits per heavy atom. The molecule has 31 heavy (non-hydrogen) atoms. The number of hydrogen-bond donors (Lipinski definition) is 1. The van der Waals surface area contributed by atoms with Crippen molar-refractivity contribution in [1.29, 1.82) is 0 Å². The third-order valence-corrected chi connectivity index (χ3v) is 4.80. The van der Waals surface area contributed by atoms with Crippen LogP contribution in [0.1, 0.15) is 5.56 Å². The number of carbonyl (C=O) groups is 1. The Kier molecular flexibility index (Phi) is 5.75. The first-order valence-corrected chi connectivity index (χ1v) is 9.76. The van der Waals surface area contributed by atoms with Crippen molar-refractivity contribution in [1.82, 2.24) is 9.38 Å². The van der Waals surface area contributed by atoms with Crippen molar-refractivity contribution in [2.45, 2.75) is 6.92 Å². The number of anilines is 1. The lowest BCUT2D eigenvalue weighted by molar-refractivity contribution is -0.118. The SMILES string of the molecule is COc1cccc(OCC(=O)Nc2cc(-c3cn4ccc(C)cc4n3)ccc2OC)c1. The van der Waals surface area contributed by atoms with Crippen LogP contribution in [-0.2, 0) is 4.79 Å². The van der Waals surface area contributed by atoms with E-state index in [1.54, 1.807) is 32.4 Å². The molecule has 2 aromatic carbocycles. The summed E-state index contributed by atoms with van der Waals surface area (Å²) in [6.07, 6.45) is 3.93. The van der Waals surface area contributed by atoms with Gasteiger partial charge in [-0.3, -0.25) is 4.79 Å². The molecule has 7 heteroatoms. The summed E-state index contributed by atoms with van der Waals surface area (Å²) in [5, 5.41) is 2.86. The minimum absolute atomic E-state index is 0.145. The van der Waals surface area contributed by atoms with E-state index in [0.717, 1.165) is 22.5 Å². The number of hydrogen-bond acceptors (Lipinski definition) is 5. The first kappa shape index (κ1) is 20.3. The van der Waals surface area contributed by atoms with E-state index in [-0.39, 0.29) is 12.5 Å². The van der Waals surface area contributed by atoms with Crippen LogP contribution in [0.4, 0.5) is 5.69 Å². The van der Waals surface area contributed by atoms with E-state index in [4.69, 9.17) is 14.2 Å². The van der Waals surface area contributed by atoms with Gasteiger partial charge in [0.25, 0.3) is 5.91 Å². The first-order chi connectivity index (χ1) is 15.1. The zero-order chi connectivity index (χ0) is 21.8. The van der Waals surface area contributed by atoms with Gasteiger partial charge in [0.15, 0.2) is 6.61 Å². The second kappa shape index (κ2) is 8.79. The lowest BCUT2D eigenvalue weighted by Crippen LogP contribution is -2.20. The average Bonchev–Trinajstić information content (AvgIpc) is 3.21. The molecule has 0 unspecified atom stereocenters. The van der Waals surface area contributed by atoms with Gasteiger partial charge in [0.05, 0.1) is 25.6 Å². The van der Waals surface area contributed by atoms with Crippen molar-refractivity contribution in [2.75, 3.05) is 26.1 Å². The van der Waals surface area contributed by atoms with Crippen molar-refractivity contribution in [3.8, 4) is 28.5 Å². The highest BCUT2D eigenvalue weighted by atomic mass is 16.5. The normalized spacial score (nSPS) is 10.7. The monoisotopic (exact) mass is 417 g/mol. The summed E-state index contributed by atoms with van der Waals surface area (Å²) in [6.45, 7) is 1.89. The molecule has 0 aliphatic carbocycles. The van der Waals surface area contributed by atoms with Gasteiger partial charge in [-0.1, -0.05) is 6.07 Å². The van der Waals surface area contributed by atoms with Gasteiger partial charge in [0.2, 0.25) is 0 Å². The summed E-state index contributed by atoms with van der Waals surface area (Å²) in [4.78, 5) is 17.2. The molecule has 0 aliphatic rings. The first-order valence-electron chi connectivity index (χ1n) is 9.76. The van der Waals surface area contributed by atoms with Gasteiger partial charge in [-0.2, -0.15) is 0 Å². The second-order valence-corrected chi connectivity index (χ2v) is 7.03. The topological polar surface area (TPSA) is 74.1 Å². The summed E-state index contributed by atoms with van der Waals surface area (Å²) in [6, 6.07) is 16.7. The highest BCUT2D eigenvalue weighted by Crippen LogP contribution is 2.30. The number of imidazole rings is 1. The number of aromatic nitrogens is 2. The minimum atomic E-state index is -0.302. The predicted octanol–water partition coefficient (Wildman–Crippen LogP) is 4.34. The number of methoxy groups -OCH3 is 2. The van der Waals surface area contributed by atoms with E-state index in [1.165, 1.54) is 0 Å². The van der Waals surface area contributed by atoms with Gasteiger partial charge in [-0.05, 0) is 55.0 Å². The van der Waals surface area contributed by atoms with Crippen LogP contribution in [0.25, 0.3) is 16.9 Å². The van der Waals surface area contributed by atoms with Crippen LogP contribution < -0.4 is 19.5 Å². The average molecular weight is 417 g/mol. The maximum absolute atomic E-state index is 12.5. The molecule has 0 fully saturated rings. The van der Waals surface area contributed by atoms with E-state index in [0.29, 0.717) is 22.9 Å². The number of fused-ring (bicyclic) bond motifs is 1. The summed E-state index contributed by atoms with van der Waals surface area (Å²) in [5.41, 5.74) is 4.22. The minimum Gasteiger partial charge on any atom is -0.497 e. The maximum atomic E-state index is 12.5. The van der Waals surface area contributed by atoms with E-state index in [2.05, 4.69) is 10.3 Å². The molecule has 0 atom stereocenters. The van der Waals surface area contributed by atoms with E-state index < -0.39 is 0 Å². The quantitative estimate of drug-likeness (QED) is 0.484. The molecule has 0 bridgehead atoms. The number of pyridine rings is 1. The molecule has 0 spiro atoms. The number of aryl methyl sites for hydroxylation is 1. The molecule has 0 saturated carbocycles. The van der Waals surface area contributed by atoms with Gasteiger partial charge in [-0.25, -0.2) is 4.98 Å². The van der Waals surface area contributed by atoms with Gasteiger partial charge in [0.1, 0.15) is 22.9 Å². The highest BCUT2D eigenvalue weighted by molar-refractivity contribution is 5.94. The molecule has 0 radical (unpaired) electrons. The Hall–Kier alpha value is -4.00. The molecule has 1 amide bonds. The summed E-state index contributed by atoms with van der Waals surface area (Å²) in [5.74, 6) is 1.46. The van der Waals surface area contributed by atoms with E-state index in [1.807, 2.05) is 60.1 Å². The molecule has 4 rings (SSSR count). The standard InChI is InChI=1S/C24H23N3O4/c1-16-9-10-27-14-21(25-23(27)11-16)17-7-8-22(30-3)20(12-17)26-24(28)15-31-19-6-4-5-18(13-19)29-2/h4-14H,15H2,1-3H3,(H,26,28). The number of nitrogens with zero attached hydrogens (tertiary/aromatic N) is 2.